The number of hydrogen-bond donors (Lipinski definition) is 1. The summed E-state index contributed by atoms with van der Waals surface area (Å²) in [5.41, 5.74) is 1.79. The van der Waals surface area contributed by atoms with Crippen molar-refractivity contribution in [2.45, 2.75) is 42.0 Å². The molecule has 10 heteroatoms. The maximum Gasteiger partial charge on any atom is 0.297 e. The Kier molecular flexibility index (Phi) is 6.42. The molecule has 2 aromatic rings. The third-order valence-electron chi connectivity index (χ3n) is 4.49. The van der Waals surface area contributed by atoms with Crippen LogP contribution in [0.15, 0.2) is 58.3 Å². The zero-order chi connectivity index (χ0) is 21.2. The summed E-state index contributed by atoms with van der Waals surface area (Å²) in [6, 6.07) is 12.2. The highest BCUT2D eigenvalue weighted by molar-refractivity contribution is 7.87. The summed E-state index contributed by atoms with van der Waals surface area (Å²) < 4.78 is 64.6. The summed E-state index contributed by atoms with van der Waals surface area (Å²) in [6.07, 6.45) is -3.59. The van der Waals surface area contributed by atoms with Crippen molar-refractivity contribution in [2.75, 3.05) is 13.2 Å². The van der Waals surface area contributed by atoms with Crippen LogP contribution in [0.25, 0.3) is 0 Å². The summed E-state index contributed by atoms with van der Waals surface area (Å²) in [7, 11) is -8.14. The average molecular weight is 443 g/mol. The molecule has 1 N–H and O–H groups in total. The molecule has 2 aromatic carbocycles. The van der Waals surface area contributed by atoms with Crippen molar-refractivity contribution in [3.8, 4) is 0 Å². The Morgan fingerprint density at radius 3 is 1.90 bits per heavy atom. The fourth-order valence-electron chi connectivity index (χ4n) is 2.74. The van der Waals surface area contributed by atoms with Gasteiger partial charge in [0.05, 0.1) is 23.0 Å². The van der Waals surface area contributed by atoms with Gasteiger partial charge in [0.1, 0.15) is 18.3 Å². The molecule has 1 aliphatic heterocycles. The predicted molar refractivity (Wildman–Crippen MR) is 103 cm³/mol. The molecule has 1 heterocycles. The Balaban J connectivity index is 1.61. The maximum atomic E-state index is 12.4. The third-order valence-corrected chi connectivity index (χ3v) is 7.14. The minimum Gasteiger partial charge on any atom is -0.387 e. The van der Waals surface area contributed by atoms with Crippen LogP contribution in [-0.2, 0) is 33.3 Å². The number of rotatable bonds is 7. The van der Waals surface area contributed by atoms with Crippen molar-refractivity contribution in [2.24, 2.45) is 0 Å². The second kappa shape index (κ2) is 8.50. The summed E-state index contributed by atoms with van der Waals surface area (Å²) in [4.78, 5) is -0.0673. The van der Waals surface area contributed by atoms with Crippen LogP contribution in [0.4, 0.5) is 0 Å². The molecule has 3 rings (SSSR count). The number of aliphatic hydroxyl groups excluding tert-OH is 1. The van der Waals surface area contributed by atoms with Crippen LogP contribution in [0.2, 0.25) is 0 Å². The van der Waals surface area contributed by atoms with Gasteiger partial charge in [-0.05, 0) is 38.1 Å². The molecule has 1 aliphatic rings. The van der Waals surface area contributed by atoms with E-state index in [1.54, 1.807) is 24.3 Å². The lowest BCUT2D eigenvalue weighted by molar-refractivity contribution is 0.00481. The molecule has 0 aromatic heterocycles. The second-order valence-electron chi connectivity index (χ2n) is 6.82. The fourth-order valence-corrected chi connectivity index (χ4v) is 4.73. The number of aliphatic hydroxyl groups is 1. The Morgan fingerprint density at radius 1 is 0.897 bits per heavy atom. The van der Waals surface area contributed by atoms with Gasteiger partial charge in [-0.25, -0.2) is 0 Å². The molecule has 0 unspecified atom stereocenters. The molecule has 1 saturated heterocycles. The highest BCUT2D eigenvalue weighted by Crippen LogP contribution is 2.24. The van der Waals surface area contributed by atoms with Crippen LogP contribution < -0.4 is 0 Å². The molecule has 3 atom stereocenters. The Morgan fingerprint density at radius 2 is 1.38 bits per heavy atom. The largest absolute Gasteiger partial charge is 0.387 e. The molecular weight excluding hydrogens is 420 g/mol. The average Bonchev–Trinajstić information content (AvgIpc) is 3.00. The first-order valence-corrected chi connectivity index (χ1v) is 11.7. The van der Waals surface area contributed by atoms with Gasteiger partial charge in [0.15, 0.2) is 0 Å². The lowest BCUT2D eigenvalue weighted by atomic mass is 10.2. The number of hydrogen-bond acceptors (Lipinski definition) is 8. The maximum absolute atomic E-state index is 12.4. The Bertz CT molecular complexity index is 1040. The second-order valence-corrected chi connectivity index (χ2v) is 10.0. The fraction of sp³-hybridized carbons (Fsp3) is 0.368. The Labute approximate surface area is 170 Å². The quantitative estimate of drug-likeness (QED) is 0.642. The smallest absolute Gasteiger partial charge is 0.297 e. The van der Waals surface area contributed by atoms with E-state index in [0.717, 1.165) is 11.1 Å². The van der Waals surface area contributed by atoms with E-state index in [2.05, 4.69) is 0 Å². The highest BCUT2D eigenvalue weighted by Gasteiger charge is 2.40. The van der Waals surface area contributed by atoms with Gasteiger partial charge in [0, 0.05) is 0 Å². The summed E-state index contributed by atoms with van der Waals surface area (Å²) in [5, 5.41) is 10.3. The van der Waals surface area contributed by atoms with E-state index in [1.165, 1.54) is 24.3 Å². The molecule has 0 spiro atoms. The van der Waals surface area contributed by atoms with Crippen LogP contribution in [-0.4, -0.2) is 53.5 Å². The van der Waals surface area contributed by atoms with Gasteiger partial charge in [-0.3, -0.25) is 8.37 Å². The van der Waals surface area contributed by atoms with Crippen LogP contribution in [0, 0.1) is 13.8 Å². The zero-order valence-electron chi connectivity index (χ0n) is 15.9. The van der Waals surface area contributed by atoms with Crippen LogP contribution in [0.5, 0.6) is 0 Å². The van der Waals surface area contributed by atoms with Gasteiger partial charge < -0.3 is 9.84 Å². The predicted octanol–water partition coefficient (Wildman–Crippen LogP) is 1.54. The van der Waals surface area contributed by atoms with Crippen LogP contribution in [0.3, 0.4) is 0 Å². The molecule has 0 aliphatic carbocycles. The van der Waals surface area contributed by atoms with E-state index >= 15 is 0 Å². The van der Waals surface area contributed by atoms with E-state index in [0.29, 0.717) is 0 Å². The summed E-state index contributed by atoms with van der Waals surface area (Å²) in [5.74, 6) is 0. The molecule has 158 valence electrons. The summed E-state index contributed by atoms with van der Waals surface area (Å²) >= 11 is 0. The van der Waals surface area contributed by atoms with Gasteiger partial charge in [0.25, 0.3) is 20.2 Å². The molecule has 0 bridgehead atoms. The summed E-state index contributed by atoms with van der Waals surface area (Å²) in [6.45, 7) is 2.96. The molecule has 0 amide bonds. The molecule has 0 radical (unpaired) electrons. The minimum atomic E-state index is -4.11. The van der Waals surface area contributed by atoms with E-state index < -0.39 is 45.2 Å². The minimum absolute atomic E-state index is 0.0228. The molecule has 29 heavy (non-hydrogen) atoms. The van der Waals surface area contributed by atoms with Crippen LogP contribution >= 0.6 is 0 Å². The van der Waals surface area contributed by atoms with Crippen LogP contribution in [0.1, 0.15) is 11.1 Å². The van der Waals surface area contributed by atoms with Crippen molar-refractivity contribution in [3.63, 3.8) is 0 Å². The Hall–Kier alpha value is -1.82. The molecule has 8 nitrogen and oxygen atoms in total. The number of benzene rings is 2. The van der Waals surface area contributed by atoms with Crippen molar-refractivity contribution >= 4 is 20.2 Å². The normalized spacial score (nSPS) is 22.7. The van der Waals surface area contributed by atoms with E-state index in [9.17, 15) is 21.9 Å². The van der Waals surface area contributed by atoms with Gasteiger partial charge in [0.2, 0.25) is 0 Å². The first-order valence-electron chi connectivity index (χ1n) is 8.84. The SMILES string of the molecule is Cc1ccc(S(=O)(=O)OC[C@H]2OC[C@H](OS(=O)(=O)c3ccc(C)cc3)[C@H]2O)cc1. The lowest BCUT2D eigenvalue weighted by Gasteiger charge is -2.17. The van der Waals surface area contributed by atoms with Crippen molar-refractivity contribution < 1.29 is 35.0 Å². The molecule has 0 saturated carbocycles. The zero-order valence-corrected chi connectivity index (χ0v) is 17.5. The van der Waals surface area contributed by atoms with Crippen molar-refractivity contribution in [3.05, 3.63) is 59.7 Å². The van der Waals surface area contributed by atoms with E-state index in [4.69, 9.17) is 13.1 Å². The van der Waals surface area contributed by atoms with E-state index in [1.807, 2.05) is 13.8 Å². The third kappa shape index (κ3) is 5.21. The first-order chi connectivity index (χ1) is 13.6. The van der Waals surface area contributed by atoms with Crippen molar-refractivity contribution in [1.82, 2.24) is 0 Å². The van der Waals surface area contributed by atoms with E-state index in [-0.39, 0.29) is 16.4 Å². The molecular formula is C19H22O8S2. The first kappa shape index (κ1) is 21.9. The van der Waals surface area contributed by atoms with Gasteiger partial charge in [-0.2, -0.15) is 16.8 Å². The topological polar surface area (TPSA) is 116 Å². The molecule has 1 fully saturated rings. The van der Waals surface area contributed by atoms with Gasteiger partial charge in [-0.15, -0.1) is 0 Å². The monoisotopic (exact) mass is 442 g/mol. The lowest BCUT2D eigenvalue weighted by Crippen LogP contribution is -2.36. The number of ether oxygens (including phenoxy) is 1. The van der Waals surface area contributed by atoms with Gasteiger partial charge in [-0.1, -0.05) is 35.4 Å². The van der Waals surface area contributed by atoms with Crippen molar-refractivity contribution in [1.29, 1.82) is 0 Å². The number of aryl methyl sites for hydroxylation is 2. The van der Waals surface area contributed by atoms with Gasteiger partial charge >= 0.3 is 0 Å². The highest BCUT2D eigenvalue weighted by atomic mass is 32.2. The standard InChI is InChI=1S/C19H22O8S2/c1-13-3-7-15(8-4-13)28(21,22)26-12-17-19(20)18(11-25-17)27-29(23,24)16-9-5-14(2)6-10-16/h3-10,17-20H,11-12H2,1-2H3/t17-,18+,19+/m1/s1.